The van der Waals surface area contributed by atoms with E-state index >= 15 is 0 Å². The third kappa shape index (κ3) is 3.32. The first-order chi connectivity index (χ1) is 8.99. The molecular weight excluding hydrogens is 230 g/mol. The molecule has 0 bridgehead atoms. The molecule has 0 aliphatic carbocycles. The zero-order valence-electron chi connectivity index (χ0n) is 13.2. The number of piperidine rings is 1. The van der Waals surface area contributed by atoms with E-state index < -0.39 is 0 Å². The molecule has 0 spiro atoms. The van der Waals surface area contributed by atoms with Gasteiger partial charge in [0.2, 0.25) is 0 Å². The average molecular weight is 259 g/mol. The van der Waals surface area contributed by atoms with E-state index in [9.17, 15) is 0 Å². The smallest absolute Gasteiger partial charge is 0.0369 e. The van der Waals surface area contributed by atoms with E-state index in [1.165, 1.54) is 42.7 Å². The van der Waals surface area contributed by atoms with E-state index in [1.54, 1.807) is 0 Å². The molecule has 0 unspecified atom stereocenters. The van der Waals surface area contributed by atoms with Gasteiger partial charge in [0.1, 0.15) is 0 Å². The van der Waals surface area contributed by atoms with Gasteiger partial charge in [0.05, 0.1) is 0 Å². The molecule has 1 heterocycles. The summed E-state index contributed by atoms with van der Waals surface area (Å²) >= 11 is 0. The minimum atomic E-state index is 0.626. The van der Waals surface area contributed by atoms with Crippen molar-refractivity contribution in [2.24, 2.45) is 11.8 Å². The van der Waals surface area contributed by atoms with E-state index in [1.807, 2.05) is 0 Å². The van der Waals surface area contributed by atoms with Crippen molar-refractivity contribution in [3.63, 3.8) is 0 Å². The quantitative estimate of drug-likeness (QED) is 0.739. The van der Waals surface area contributed by atoms with Gasteiger partial charge in [-0.2, -0.15) is 0 Å². The van der Waals surface area contributed by atoms with Crippen molar-refractivity contribution in [1.29, 1.82) is 0 Å². The number of anilines is 1. The summed E-state index contributed by atoms with van der Waals surface area (Å²) < 4.78 is 0. The van der Waals surface area contributed by atoms with Gasteiger partial charge in [-0.05, 0) is 60.8 Å². The van der Waals surface area contributed by atoms with Crippen molar-refractivity contribution in [2.45, 2.75) is 53.4 Å². The zero-order valence-corrected chi connectivity index (χ0v) is 13.2. The highest BCUT2D eigenvalue weighted by Crippen LogP contribution is 2.30. The SMILES string of the molecule is Cc1cc(N2CCC(C(C)C)CC2)ccc1C(C)C. The molecule has 1 aliphatic heterocycles. The summed E-state index contributed by atoms with van der Waals surface area (Å²) in [7, 11) is 0. The number of rotatable bonds is 3. The van der Waals surface area contributed by atoms with Crippen LogP contribution in [0, 0.1) is 18.8 Å². The summed E-state index contributed by atoms with van der Waals surface area (Å²) in [4.78, 5) is 2.57. The highest BCUT2D eigenvalue weighted by atomic mass is 15.1. The molecule has 2 rings (SSSR count). The van der Waals surface area contributed by atoms with Gasteiger partial charge in [-0.3, -0.25) is 0 Å². The van der Waals surface area contributed by atoms with Crippen LogP contribution in [-0.2, 0) is 0 Å². The second-order valence-electron chi connectivity index (χ2n) is 6.76. The number of nitrogens with zero attached hydrogens (tertiary/aromatic N) is 1. The molecule has 0 aromatic heterocycles. The van der Waals surface area contributed by atoms with Crippen LogP contribution in [0.25, 0.3) is 0 Å². The second kappa shape index (κ2) is 5.98. The van der Waals surface area contributed by atoms with Crippen molar-refractivity contribution in [3.05, 3.63) is 29.3 Å². The fraction of sp³-hybridized carbons (Fsp3) is 0.667. The van der Waals surface area contributed by atoms with Gasteiger partial charge in [0.25, 0.3) is 0 Å². The molecule has 0 atom stereocenters. The Labute approximate surface area is 119 Å². The fourth-order valence-corrected chi connectivity index (χ4v) is 3.33. The van der Waals surface area contributed by atoms with Gasteiger partial charge in [-0.1, -0.05) is 33.8 Å². The van der Waals surface area contributed by atoms with Gasteiger partial charge >= 0.3 is 0 Å². The van der Waals surface area contributed by atoms with E-state index in [0.29, 0.717) is 5.92 Å². The molecule has 1 nitrogen and oxygen atoms in total. The maximum absolute atomic E-state index is 2.57. The first kappa shape index (κ1) is 14.4. The molecule has 19 heavy (non-hydrogen) atoms. The van der Waals surface area contributed by atoms with Gasteiger partial charge in [-0.25, -0.2) is 0 Å². The number of benzene rings is 1. The summed E-state index contributed by atoms with van der Waals surface area (Å²) in [5, 5.41) is 0. The lowest BCUT2D eigenvalue weighted by Crippen LogP contribution is -2.35. The third-order valence-corrected chi connectivity index (χ3v) is 4.72. The second-order valence-corrected chi connectivity index (χ2v) is 6.76. The van der Waals surface area contributed by atoms with Crippen LogP contribution in [0.15, 0.2) is 18.2 Å². The van der Waals surface area contributed by atoms with E-state index in [-0.39, 0.29) is 0 Å². The average Bonchev–Trinajstić information content (AvgIpc) is 2.38. The maximum atomic E-state index is 2.57. The lowest BCUT2D eigenvalue weighted by Gasteiger charge is -2.35. The Hall–Kier alpha value is -0.980. The summed E-state index contributed by atoms with van der Waals surface area (Å²) in [5.41, 5.74) is 4.35. The summed E-state index contributed by atoms with van der Waals surface area (Å²) in [5.74, 6) is 2.39. The van der Waals surface area contributed by atoms with Gasteiger partial charge in [0, 0.05) is 18.8 Å². The van der Waals surface area contributed by atoms with Crippen LogP contribution in [0.2, 0.25) is 0 Å². The van der Waals surface area contributed by atoms with Crippen LogP contribution >= 0.6 is 0 Å². The molecule has 1 heteroatoms. The summed E-state index contributed by atoms with van der Waals surface area (Å²) in [6.07, 6.45) is 2.70. The highest BCUT2D eigenvalue weighted by Gasteiger charge is 2.21. The van der Waals surface area contributed by atoms with Crippen LogP contribution in [0.3, 0.4) is 0 Å². The molecule has 106 valence electrons. The number of hydrogen-bond acceptors (Lipinski definition) is 1. The van der Waals surface area contributed by atoms with Crippen molar-refractivity contribution in [1.82, 2.24) is 0 Å². The molecule has 0 N–H and O–H groups in total. The molecule has 1 fully saturated rings. The Morgan fingerprint density at radius 2 is 1.68 bits per heavy atom. The Kier molecular flexibility index (Phi) is 4.54. The molecule has 1 aliphatic rings. The molecule has 0 radical (unpaired) electrons. The van der Waals surface area contributed by atoms with Crippen LogP contribution in [0.1, 0.15) is 57.6 Å². The largest absolute Gasteiger partial charge is 0.372 e. The van der Waals surface area contributed by atoms with Crippen LogP contribution in [-0.4, -0.2) is 13.1 Å². The standard InChI is InChI=1S/C18H29N/c1-13(2)16-8-10-19(11-9-16)17-6-7-18(14(3)4)15(5)12-17/h6-7,12-14,16H,8-11H2,1-5H3. The van der Waals surface area contributed by atoms with Gasteiger partial charge < -0.3 is 4.90 Å². The Bertz CT molecular complexity index is 412. The Morgan fingerprint density at radius 3 is 2.16 bits per heavy atom. The Morgan fingerprint density at radius 1 is 1.05 bits per heavy atom. The lowest BCUT2D eigenvalue weighted by atomic mass is 9.86. The Balaban J connectivity index is 2.06. The third-order valence-electron chi connectivity index (χ3n) is 4.72. The van der Waals surface area contributed by atoms with Crippen LogP contribution < -0.4 is 4.90 Å². The first-order valence-electron chi connectivity index (χ1n) is 7.84. The number of aryl methyl sites for hydroxylation is 1. The fourth-order valence-electron chi connectivity index (χ4n) is 3.33. The van der Waals surface area contributed by atoms with E-state index in [0.717, 1.165) is 11.8 Å². The van der Waals surface area contributed by atoms with Crippen molar-refractivity contribution in [2.75, 3.05) is 18.0 Å². The zero-order chi connectivity index (χ0) is 14.0. The van der Waals surface area contributed by atoms with Crippen molar-refractivity contribution < 1.29 is 0 Å². The summed E-state index contributed by atoms with van der Waals surface area (Å²) in [6, 6.07) is 7.02. The summed E-state index contributed by atoms with van der Waals surface area (Å²) in [6.45, 7) is 14.0. The van der Waals surface area contributed by atoms with E-state index in [4.69, 9.17) is 0 Å². The highest BCUT2D eigenvalue weighted by molar-refractivity contribution is 5.51. The van der Waals surface area contributed by atoms with E-state index in [2.05, 4.69) is 57.7 Å². The van der Waals surface area contributed by atoms with Crippen molar-refractivity contribution >= 4 is 5.69 Å². The minimum Gasteiger partial charge on any atom is -0.372 e. The molecule has 1 aromatic rings. The monoisotopic (exact) mass is 259 g/mol. The predicted molar refractivity (Wildman–Crippen MR) is 85.0 cm³/mol. The predicted octanol–water partition coefficient (Wildman–Crippen LogP) is 4.99. The molecule has 1 aromatic carbocycles. The van der Waals surface area contributed by atoms with Crippen LogP contribution in [0.5, 0.6) is 0 Å². The minimum absolute atomic E-state index is 0.626. The van der Waals surface area contributed by atoms with Gasteiger partial charge in [-0.15, -0.1) is 0 Å². The molecule has 1 saturated heterocycles. The van der Waals surface area contributed by atoms with Crippen LogP contribution in [0.4, 0.5) is 5.69 Å². The lowest BCUT2D eigenvalue weighted by molar-refractivity contribution is 0.311. The van der Waals surface area contributed by atoms with Gasteiger partial charge in [0.15, 0.2) is 0 Å². The number of hydrogen-bond donors (Lipinski definition) is 0. The van der Waals surface area contributed by atoms with Crippen molar-refractivity contribution in [3.8, 4) is 0 Å². The molecule has 0 saturated carbocycles. The normalized spacial score (nSPS) is 17.5. The topological polar surface area (TPSA) is 3.24 Å². The molecular formula is C18H29N. The first-order valence-corrected chi connectivity index (χ1v) is 7.84. The molecule has 0 amide bonds. The maximum Gasteiger partial charge on any atom is 0.0369 e.